The van der Waals surface area contributed by atoms with Gasteiger partial charge in [-0.2, -0.15) is 15.9 Å². The van der Waals surface area contributed by atoms with Gasteiger partial charge in [-0.05, 0) is 41.3 Å². The number of nitrogens with one attached hydrogen (secondary N) is 1. The maximum Gasteiger partial charge on any atom is 0.186 e. The topological polar surface area (TPSA) is 67.6 Å². The van der Waals surface area contributed by atoms with E-state index in [0.29, 0.717) is 37.0 Å². The number of anilines is 1. The Morgan fingerprint density at radius 1 is 1.13 bits per heavy atom. The maximum absolute atomic E-state index is 13.9. The van der Waals surface area contributed by atoms with Gasteiger partial charge < -0.3 is 10.1 Å². The zero-order valence-corrected chi connectivity index (χ0v) is 17.1. The van der Waals surface area contributed by atoms with Crippen LogP contribution in [0.5, 0.6) is 0 Å². The Labute approximate surface area is 177 Å². The van der Waals surface area contributed by atoms with Crippen molar-refractivity contribution in [3.05, 3.63) is 64.6 Å². The van der Waals surface area contributed by atoms with Crippen molar-refractivity contribution < 1.29 is 9.13 Å². The fraction of sp³-hybridized carbons (Fsp3) is 0.286. The molecule has 1 N–H and O–H groups in total. The molecule has 1 atom stereocenters. The summed E-state index contributed by atoms with van der Waals surface area (Å²) in [5, 5.41) is 20.6. The minimum atomic E-state index is -0.227. The first-order chi connectivity index (χ1) is 14.8. The van der Waals surface area contributed by atoms with Gasteiger partial charge in [0.2, 0.25) is 0 Å². The predicted octanol–water partition coefficient (Wildman–Crippen LogP) is 3.48. The smallest absolute Gasteiger partial charge is 0.186 e. The minimum absolute atomic E-state index is 0.0133. The third kappa shape index (κ3) is 3.91. The second-order valence-electron chi connectivity index (χ2n) is 7.12. The Hall–Kier alpha value is -2.88. The summed E-state index contributed by atoms with van der Waals surface area (Å²) in [5.41, 5.74) is 2.62. The molecule has 30 heavy (non-hydrogen) atoms. The van der Waals surface area contributed by atoms with Gasteiger partial charge in [-0.3, -0.25) is 4.90 Å². The molecule has 1 unspecified atom stereocenters. The number of hydrogen-bond donors (Lipinski definition) is 1. The fourth-order valence-corrected chi connectivity index (χ4v) is 4.35. The third-order valence-corrected chi connectivity index (χ3v) is 5.92. The number of fused-ring (bicyclic) bond motifs is 1. The van der Waals surface area contributed by atoms with E-state index in [1.807, 2.05) is 35.0 Å². The van der Waals surface area contributed by atoms with Crippen molar-refractivity contribution in [2.45, 2.75) is 6.04 Å². The molecule has 0 amide bonds. The van der Waals surface area contributed by atoms with Crippen LogP contribution >= 0.6 is 11.3 Å². The summed E-state index contributed by atoms with van der Waals surface area (Å²) in [7, 11) is 0. The first kappa shape index (κ1) is 19.1. The summed E-state index contributed by atoms with van der Waals surface area (Å²) in [6, 6.07) is 12.6. The molecule has 0 spiro atoms. The molecule has 0 saturated carbocycles. The van der Waals surface area contributed by atoms with E-state index in [1.54, 1.807) is 28.0 Å². The van der Waals surface area contributed by atoms with Crippen LogP contribution in [-0.2, 0) is 4.74 Å². The summed E-state index contributed by atoms with van der Waals surface area (Å²) in [4.78, 5) is 2.32. The lowest BCUT2D eigenvalue weighted by Crippen LogP contribution is -2.41. The molecule has 1 aliphatic heterocycles. The largest absolute Gasteiger partial charge is 0.379 e. The molecule has 4 aromatic rings. The number of halogens is 1. The van der Waals surface area contributed by atoms with E-state index in [1.165, 1.54) is 6.07 Å². The van der Waals surface area contributed by atoms with Gasteiger partial charge in [0, 0.05) is 30.6 Å². The van der Waals surface area contributed by atoms with Crippen molar-refractivity contribution in [2.24, 2.45) is 0 Å². The van der Waals surface area contributed by atoms with Crippen LogP contribution < -0.4 is 5.32 Å². The Balaban J connectivity index is 1.40. The van der Waals surface area contributed by atoms with Gasteiger partial charge in [0.15, 0.2) is 11.5 Å². The highest BCUT2D eigenvalue weighted by Crippen LogP contribution is 2.24. The number of aromatic nitrogens is 4. The molecule has 4 heterocycles. The second kappa shape index (κ2) is 8.47. The molecule has 1 fully saturated rings. The predicted molar refractivity (Wildman–Crippen MR) is 114 cm³/mol. The van der Waals surface area contributed by atoms with Crippen LogP contribution in [0.3, 0.4) is 0 Å². The van der Waals surface area contributed by atoms with Crippen molar-refractivity contribution in [3.63, 3.8) is 0 Å². The molecule has 154 valence electrons. The summed E-state index contributed by atoms with van der Waals surface area (Å²) < 4.78 is 21.1. The number of ether oxygens (including phenoxy) is 1. The Kier molecular flexibility index (Phi) is 5.39. The van der Waals surface area contributed by atoms with Crippen LogP contribution in [0.2, 0.25) is 0 Å². The van der Waals surface area contributed by atoms with Gasteiger partial charge in [-0.25, -0.2) is 4.39 Å². The SMILES string of the molecule is Fc1cccc(C(CNc2ccc3nnc(-c4ccsc4)n3n2)N2CCOCC2)c1. The van der Waals surface area contributed by atoms with E-state index in [0.717, 1.165) is 24.2 Å². The molecule has 3 aromatic heterocycles. The van der Waals surface area contributed by atoms with Crippen molar-refractivity contribution in [2.75, 3.05) is 38.2 Å². The number of rotatable bonds is 6. The molecule has 0 aliphatic carbocycles. The van der Waals surface area contributed by atoms with E-state index in [2.05, 4.69) is 25.5 Å². The summed E-state index contributed by atoms with van der Waals surface area (Å²) >= 11 is 1.61. The van der Waals surface area contributed by atoms with Crippen LogP contribution in [0.1, 0.15) is 11.6 Å². The van der Waals surface area contributed by atoms with E-state index in [-0.39, 0.29) is 11.9 Å². The lowest BCUT2D eigenvalue weighted by atomic mass is 10.0. The fourth-order valence-electron chi connectivity index (χ4n) is 3.72. The van der Waals surface area contributed by atoms with Crippen LogP contribution in [0.4, 0.5) is 10.2 Å². The molecule has 1 aromatic carbocycles. The first-order valence-electron chi connectivity index (χ1n) is 9.84. The van der Waals surface area contributed by atoms with Gasteiger partial charge in [0.1, 0.15) is 11.6 Å². The zero-order chi connectivity index (χ0) is 20.3. The van der Waals surface area contributed by atoms with E-state index >= 15 is 0 Å². The first-order valence-corrected chi connectivity index (χ1v) is 10.8. The molecular weight excluding hydrogens is 403 g/mol. The highest BCUT2D eigenvalue weighted by molar-refractivity contribution is 7.08. The molecule has 9 heteroatoms. The third-order valence-electron chi connectivity index (χ3n) is 5.24. The molecule has 7 nitrogen and oxygen atoms in total. The average molecular weight is 425 g/mol. The Bertz CT molecular complexity index is 1130. The molecular formula is C21H21FN6OS. The van der Waals surface area contributed by atoms with Crippen molar-refractivity contribution in [1.29, 1.82) is 0 Å². The lowest BCUT2D eigenvalue weighted by molar-refractivity contribution is 0.0186. The van der Waals surface area contributed by atoms with Gasteiger partial charge in [0.05, 0.1) is 19.3 Å². The van der Waals surface area contributed by atoms with Crippen molar-refractivity contribution >= 4 is 22.8 Å². The molecule has 5 rings (SSSR count). The van der Waals surface area contributed by atoms with Crippen molar-refractivity contribution in [1.82, 2.24) is 24.7 Å². The molecule has 1 saturated heterocycles. The number of nitrogens with zero attached hydrogens (tertiary/aromatic N) is 5. The summed E-state index contributed by atoms with van der Waals surface area (Å²) in [6.45, 7) is 3.57. The van der Waals surface area contributed by atoms with Crippen molar-refractivity contribution in [3.8, 4) is 11.4 Å². The van der Waals surface area contributed by atoms with Crippen LogP contribution in [-0.4, -0.2) is 57.6 Å². The van der Waals surface area contributed by atoms with Gasteiger partial charge in [0.25, 0.3) is 0 Å². The van der Waals surface area contributed by atoms with Gasteiger partial charge >= 0.3 is 0 Å². The number of benzene rings is 1. The van der Waals surface area contributed by atoms with Gasteiger partial charge in [-0.15, -0.1) is 15.3 Å². The van der Waals surface area contributed by atoms with Gasteiger partial charge in [-0.1, -0.05) is 12.1 Å². The normalized spacial score (nSPS) is 16.0. The monoisotopic (exact) mass is 424 g/mol. The maximum atomic E-state index is 13.9. The average Bonchev–Trinajstić information content (AvgIpc) is 3.44. The summed E-state index contributed by atoms with van der Waals surface area (Å²) in [6.07, 6.45) is 0. The van der Waals surface area contributed by atoms with Crippen LogP contribution in [0.15, 0.2) is 53.2 Å². The summed E-state index contributed by atoms with van der Waals surface area (Å²) in [5.74, 6) is 1.20. The molecule has 0 bridgehead atoms. The lowest BCUT2D eigenvalue weighted by Gasteiger charge is -2.35. The number of thiophene rings is 1. The highest BCUT2D eigenvalue weighted by atomic mass is 32.1. The molecule has 0 radical (unpaired) electrons. The van der Waals surface area contributed by atoms with E-state index < -0.39 is 0 Å². The van der Waals surface area contributed by atoms with E-state index in [4.69, 9.17) is 4.74 Å². The zero-order valence-electron chi connectivity index (χ0n) is 16.2. The van der Waals surface area contributed by atoms with Crippen LogP contribution in [0, 0.1) is 5.82 Å². The number of hydrogen-bond acceptors (Lipinski definition) is 7. The quantitative estimate of drug-likeness (QED) is 0.511. The Morgan fingerprint density at radius 2 is 2.03 bits per heavy atom. The standard InChI is InChI=1S/C21H21FN6OS/c22-17-3-1-2-15(12-17)18(27-7-9-29-10-8-27)13-23-19-4-5-20-24-25-21(28(20)26-19)16-6-11-30-14-16/h1-6,11-12,14,18H,7-10,13H2,(H,23,26). The van der Waals surface area contributed by atoms with E-state index in [9.17, 15) is 4.39 Å². The second-order valence-corrected chi connectivity index (χ2v) is 7.90. The Morgan fingerprint density at radius 3 is 2.83 bits per heavy atom. The molecule has 1 aliphatic rings. The number of morpholine rings is 1. The van der Waals surface area contributed by atoms with Crippen LogP contribution in [0.25, 0.3) is 17.0 Å². The highest BCUT2D eigenvalue weighted by Gasteiger charge is 2.23. The minimum Gasteiger partial charge on any atom is -0.379 e.